The Labute approximate surface area is 107 Å². The molecule has 0 saturated heterocycles. The molecule has 0 heterocycles. The Morgan fingerprint density at radius 3 is 2.59 bits per heavy atom. The van der Waals surface area contributed by atoms with E-state index in [1.54, 1.807) is 6.07 Å². The predicted molar refractivity (Wildman–Crippen MR) is 63.8 cm³/mol. The zero-order chi connectivity index (χ0) is 12.6. The molecule has 0 aromatic heterocycles. The van der Waals surface area contributed by atoms with Gasteiger partial charge in [0.1, 0.15) is 0 Å². The molecule has 1 aromatic carbocycles. The second kappa shape index (κ2) is 4.29. The van der Waals surface area contributed by atoms with Crippen LogP contribution in [0.25, 0.3) is 0 Å². The third-order valence-electron chi connectivity index (χ3n) is 3.37. The van der Waals surface area contributed by atoms with Crippen LogP contribution in [0.5, 0.6) is 5.75 Å². The van der Waals surface area contributed by atoms with Crippen LogP contribution in [0.15, 0.2) is 16.6 Å². The highest BCUT2D eigenvalue weighted by atomic mass is 79.9. The lowest BCUT2D eigenvalue weighted by molar-refractivity contribution is -0.147. The summed E-state index contributed by atoms with van der Waals surface area (Å²) in [5, 5.41) is 9.32. The van der Waals surface area contributed by atoms with Gasteiger partial charge in [-0.05, 0) is 25.0 Å². The Hall–Kier alpha value is -1.10. The van der Waals surface area contributed by atoms with E-state index >= 15 is 0 Å². The molecule has 1 N–H and O–H groups in total. The summed E-state index contributed by atoms with van der Waals surface area (Å²) in [6.45, 7) is 0. The van der Waals surface area contributed by atoms with Crippen LogP contribution in [0.4, 0.5) is 4.39 Å². The first-order valence-electron chi connectivity index (χ1n) is 5.29. The van der Waals surface area contributed by atoms with Gasteiger partial charge >= 0.3 is 5.97 Å². The van der Waals surface area contributed by atoms with Gasteiger partial charge in [-0.1, -0.05) is 22.4 Å². The zero-order valence-corrected chi connectivity index (χ0v) is 10.9. The number of carboxylic acid groups (broad SMARTS) is 1. The van der Waals surface area contributed by atoms with Gasteiger partial charge in [-0.15, -0.1) is 0 Å². The molecule has 2 rings (SSSR count). The van der Waals surface area contributed by atoms with Crippen LogP contribution in [0.3, 0.4) is 0 Å². The molecule has 0 amide bonds. The summed E-state index contributed by atoms with van der Waals surface area (Å²) < 4.78 is 19.6. The standard InChI is InChI=1S/C12H12BrFO3/c1-17-8-4-3-7(13)9(10(8)14)12(11(15)16)5-2-6-12/h3-4H,2,5-6H2,1H3,(H,15,16). The topological polar surface area (TPSA) is 46.5 Å². The Kier molecular flexibility index (Phi) is 3.12. The van der Waals surface area contributed by atoms with E-state index in [1.165, 1.54) is 13.2 Å². The SMILES string of the molecule is COc1ccc(Br)c(C2(C(=O)O)CCC2)c1F. The van der Waals surface area contributed by atoms with Gasteiger partial charge in [0.15, 0.2) is 11.6 Å². The summed E-state index contributed by atoms with van der Waals surface area (Å²) in [7, 11) is 1.37. The smallest absolute Gasteiger partial charge is 0.314 e. The van der Waals surface area contributed by atoms with Gasteiger partial charge in [-0.2, -0.15) is 0 Å². The highest BCUT2D eigenvalue weighted by Crippen LogP contribution is 2.48. The molecule has 1 aliphatic rings. The Morgan fingerprint density at radius 2 is 2.18 bits per heavy atom. The first-order valence-corrected chi connectivity index (χ1v) is 6.08. The summed E-state index contributed by atoms with van der Waals surface area (Å²) in [6, 6.07) is 3.11. The van der Waals surface area contributed by atoms with E-state index in [4.69, 9.17) is 4.74 Å². The van der Waals surface area contributed by atoms with E-state index in [1.807, 2.05) is 0 Å². The van der Waals surface area contributed by atoms with Gasteiger partial charge in [0.25, 0.3) is 0 Å². The minimum Gasteiger partial charge on any atom is -0.494 e. The van der Waals surface area contributed by atoms with E-state index < -0.39 is 17.2 Å². The fourth-order valence-corrected chi connectivity index (χ4v) is 2.92. The lowest BCUT2D eigenvalue weighted by Gasteiger charge is -2.39. The molecule has 17 heavy (non-hydrogen) atoms. The number of benzene rings is 1. The highest BCUT2D eigenvalue weighted by molar-refractivity contribution is 9.10. The normalized spacial score (nSPS) is 17.4. The predicted octanol–water partition coefficient (Wildman–Crippen LogP) is 3.10. The first kappa shape index (κ1) is 12.4. The van der Waals surface area contributed by atoms with Crippen molar-refractivity contribution in [1.29, 1.82) is 0 Å². The lowest BCUT2D eigenvalue weighted by atomic mass is 9.64. The van der Waals surface area contributed by atoms with Gasteiger partial charge < -0.3 is 9.84 Å². The molecule has 1 aromatic rings. The third kappa shape index (κ3) is 1.73. The van der Waals surface area contributed by atoms with Crippen LogP contribution in [-0.4, -0.2) is 18.2 Å². The largest absolute Gasteiger partial charge is 0.494 e. The van der Waals surface area contributed by atoms with Crippen LogP contribution >= 0.6 is 15.9 Å². The van der Waals surface area contributed by atoms with Crippen LogP contribution in [0.2, 0.25) is 0 Å². The van der Waals surface area contributed by atoms with Crippen molar-refractivity contribution in [2.45, 2.75) is 24.7 Å². The molecule has 0 atom stereocenters. The second-order valence-electron chi connectivity index (χ2n) is 4.18. The van der Waals surface area contributed by atoms with Gasteiger partial charge in [-0.3, -0.25) is 4.79 Å². The molecule has 1 fully saturated rings. The molecule has 0 bridgehead atoms. The number of hydrogen-bond acceptors (Lipinski definition) is 2. The number of carboxylic acids is 1. The van der Waals surface area contributed by atoms with Gasteiger partial charge in [0.05, 0.1) is 12.5 Å². The van der Waals surface area contributed by atoms with Gasteiger partial charge in [0.2, 0.25) is 0 Å². The maximum Gasteiger partial charge on any atom is 0.314 e. The Morgan fingerprint density at radius 1 is 1.53 bits per heavy atom. The molecule has 0 spiro atoms. The van der Waals surface area contributed by atoms with E-state index in [-0.39, 0.29) is 11.3 Å². The number of carbonyl (C=O) groups is 1. The number of ether oxygens (including phenoxy) is 1. The zero-order valence-electron chi connectivity index (χ0n) is 9.30. The van der Waals surface area contributed by atoms with Crippen LogP contribution in [0, 0.1) is 5.82 Å². The maximum atomic E-state index is 14.2. The first-order chi connectivity index (χ1) is 8.03. The van der Waals surface area contributed by atoms with Crippen molar-refractivity contribution in [3.63, 3.8) is 0 Å². The highest BCUT2D eigenvalue weighted by Gasteiger charge is 2.49. The molecule has 0 aliphatic heterocycles. The van der Waals surface area contributed by atoms with Crippen molar-refractivity contribution in [1.82, 2.24) is 0 Å². The van der Waals surface area contributed by atoms with Crippen molar-refractivity contribution >= 4 is 21.9 Å². The van der Waals surface area contributed by atoms with Crippen LogP contribution in [0.1, 0.15) is 24.8 Å². The minimum atomic E-state index is -1.10. The number of hydrogen-bond donors (Lipinski definition) is 1. The fraction of sp³-hybridized carbons (Fsp3) is 0.417. The lowest BCUT2D eigenvalue weighted by Crippen LogP contribution is -2.43. The molecular formula is C12H12BrFO3. The monoisotopic (exact) mass is 302 g/mol. The molecule has 1 aliphatic carbocycles. The van der Waals surface area contributed by atoms with Crippen LogP contribution in [-0.2, 0) is 10.2 Å². The van der Waals surface area contributed by atoms with E-state index in [0.717, 1.165) is 6.42 Å². The van der Waals surface area contributed by atoms with Crippen molar-refractivity contribution in [3.8, 4) is 5.75 Å². The summed E-state index contributed by atoms with van der Waals surface area (Å²) in [5.74, 6) is -1.48. The summed E-state index contributed by atoms with van der Waals surface area (Å²) in [4.78, 5) is 11.4. The average Bonchev–Trinajstić information content (AvgIpc) is 2.21. The molecule has 92 valence electrons. The van der Waals surface area contributed by atoms with E-state index in [9.17, 15) is 14.3 Å². The molecule has 0 radical (unpaired) electrons. The molecule has 5 heteroatoms. The second-order valence-corrected chi connectivity index (χ2v) is 5.03. The molecule has 1 saturated carbocycles. The maximum absolute atomic E-state index is 14.2. The van der Waals surface area contributed by atoms with Crippen molar-refractivity contribution in [2.24, 2.45) is 0 Å². The Bertz CT molecular complexity index is 469. The summed E-state index contributed by atoms with van der Waals surface area (Å²) >= 11 is 3.23. The average molecular weight is 303 g/mol. The van der Waals surface area contributed by atoms with Crippen molar-refractivity contribution in [2.75, 3.05) is 7.11 Å². The van der Waals surface area contributed by atoms with Gasteiger partial charge in [0, 0.05) is 10.0 Å². The fourth-order valence-electron chi connectivity index (χ4n) is 2.23. The van der Waals surface area contributed by atoms with E-state index in [0.29, 0.717) is 17.3 Å². The van der Waals surface area contributed by atoms with Crippen molar-refractivity contribution in [3.05, 3.63) is 28.0 Å². The summed E-state index contributed by atoms with van der Waals surface area (Å²) in [5.41, 5.74) is -0.895. The quantitative estimate of drug-likeness (QED) is 0.933. The molecule has 0 unspecified atom stereocenters. The van der Waals surface area contributed by atoms with Crippen LogP contribution < -0.4 is 4.74 Å². The molecule has 3 nitrogen and oxygen atoms in total. The van der Waals surface area contributed by atoms with E-state index in [2.05, 4.69) is 15.9 Å². The van der Waals surface area contributed by atoms with Crippen molar-refractivity contribution < 1.29 is 19.0 Å². The van der Waals surface area contributed by atoms with Gasteiger partial charge in [-0.25, -0.2) is 4.39 Å². The number of rotatable bonds is 3. The summed E-state index contributed by atoms with van der Waals surface area (Å²) in [6.07, 6.45) is 1.73. The molecular weight excluding hydrogens is 291 g/mol. The number of methoxy groups -OCH3 is 1. The minimum absolute atomic E-state index is 0.0794. The number of halogens is 2. The number of aliphatic carboxylic acids is 1. The Balaban J connectivity index is 2.61. The third-order valence-corrected chi connectivity index (χ3v) is 4.03.